The minimum Gasteiger partial charge on any atom is -0.342 e. The molecule has 2 heterocycles. The zero-order valence-electron chi connectivity index (χ0n) is 19.3. The Labute approximate surface area is 209 Å². The van der Waals surface area contributed by atoms with E-state index in [1.807, 2.05) is 11.9 Å². The van der Waals surface area contributed by atoms with Crippen molar-refractivity contribution >= 4 is 30.7 Å². The molecule has 0 saturated carbocycles. The van der Waals surface area contributed by atoms with Crippen molar-refractivity contribution in [3.8, 4) is 0 Å². The molecule has 0 bridgehead atoms. The predicted molar refractivity (Wildman–Crippen MR) is 137 cm³/mol. The van der Waals surface area contributed by atoms with E-state index in [-0.39, 0.29) is 36.5 Å². The van der Waals surface area contributed by atoms with Crippen molar-refractivity contribution in [2.45, 2.75) is 44.2 Å². The number of benzene rings is 2. The Morgan fingerprint density at radius 2 is 1.67 bits per heavy atom. The van der Waals surface area contributed by atoms with Crippen molar-refractivity contribution in [1.29, 1.82) is 0 Å². The van der Waals surface area contributed by atoms with Crippen molar-refractivity contribution in [1.82, 2.24) is 15.1 Å². The van der Waals surface area contributed by atoms with Crippen LogP contribution in [-0.4, -0.2) is 61.0 Å². The number of amides is 1. The van der Waals surface area contributed by atoms with E-state index < -0.39 is 0 Å². The largest absolute Gasteiger partial charge is 0.342 e. The predicted octanol–water partition coefficient (Wildman–Crippen LogP) is 4.36. The zero-order valence-corrected chi connectivity index (χ0v) is 20.9. The summed E-state index contributed by atoms with van der Waals surface area (Å²) in [6, 6.07) is 17.9. The molecule has 2 aliphatic heterocycles. The van der Waals surface area contributed by atoms with E-state index >= 15 is 0 Å². The van der Waals surface area contributed by atoms with Gasteiger partial charge in [-0.15, -0.1) is 24.8 Å². The van der Waals surface area contributed by atoms with Crippen molar-refractivity contribution in [3.05, 3.63) is 71.5 Å². The molecule has 4 rings (SSSR count). The second-order valence-corrected chi connectivity index (χ2v) is 9.08. The van der Waals surface area contributed by atoms with Crippen LogP contribution in [0, 0.1) is 11.7 Å². The number of aryl methyl sites for hydroxylation is 1. The number of halogens is 3. The van der Waals surface area contributed by atoms with Crippen molar-refractivity contribution in [2.75, 3.05) is 33.2 Å². The van der Waals surface area contributed by atoms with Crippen molar-refractivity contribution in [2.24, 2.45) is 5.92 Å². The SMILES string of the molecule is CN(C(=O)Cc1ccc(F)cc1)C1CCN(C(CCc2ccccc2)C2CNC2)CC1.Cl.Cl. The van der Waals surface area contributed by atoms with Crippen LogP contribution >= 0.6 is 24.8 Å². The summed E-state index contributed by atoms with van der Waals surface area (Å²) in [5, 5.41) is 3.44. The third-order valence-electron chi connectivity index (χ3n) is 7.11. The molecule has 1 unspecified atom stereocenters. The van der Waals surface area contributed by atoms with E-state index in [2.05, 4.69) is 40.5 Å². The number of likely N-dealkylation sites (N-methyl/N-ethyl adjacent to an activating group) is 1. The maximum absolute atomic E-state index is 13.1. The zero-order chi connectivity index (χ0) is 21.6. The van der Waals surface area contributed by atoms with Crippen LogP contribution in [0.3, 0.4) is 0 Å². The average Bonchev–Trinajstić information content (AvgIpc) is 2.77. The van der Waals surface area contributed by atoms with Gasteiger partial charge in [-0.3, -0.25) is 9.69 Å². The summed E-state index contributed by atoms with van der Waals surface area (Å²) in [4.78, 5) is 17.3. The topological polar surface area (TPSA) is 35.6 Å². The Kier molecular flexibility index (Phi) is 11.1. The first-order valence-corrected chi connectivity index (χ1v) is 11.6. The molecule has 7 heteroatoms. The average molecular weight is 496 g/mol. The normalized spacial score (nSPS) is 17.9. The minimum absolute atomic E-state index is 0. The molecule has 182 valence electrons. The molecule has 4 nitrogen and oxygen atoms in total. The monoisotopic (exact) mass is 495 g/mol. The lowest BCUT2D eigenvalue weighted by Crippen LogP contribution is -2.57. The van der Waals surface area contributed by atoms with Gasteiger partial charge in [-0.2, -0.15) is 0 Å². The van der Waals surface area contributed by atoms with Crippen LogP contribution in [0.2, 0.25) is 0 Å². The quantitative estimate of drug-likeness (QED) is 0.590. The molecule has 33 heavy (non-hydrogen) atoms. The number of piperidine rings is 1. The lowest BCUT2D eigenvalue weighted by atomic mass is 9.86. The standard InChI is InChI=1S/C26H34FN3O.2ClH/c1-29(26(31)17-21-7-10-23(27)11-8-21)24-13-15-30(16-14-24)25(22-18-28-19-22)12-9-20-5-3-2-4-6-20;;/h2-8,10-11,22,24-25,28H,9,12-19H2,1H3;2*1H. The fourth-order valence-corrected chi connectivity index (χ4v) is 4.97. The highest BCUT2D eigenvalue weighted by atomic mass is 35.5. The van der Waals surface area contributed by atoms with Crippen LogP contribution in [0.5, 0.6) is 0 Å². The number of hydrogen-bond acceptors (Lipinski definition) is 3. The Morgan fingerprint density at radius 1 is 1.03 bits per heavy atom. The third-order valence-corrected chi connectivity index (χ3v) is 7.11. The summed E-state index contributed by atoms with van der Waals surface area (Å²) in [5.74, 6) is 0.590. The molecule has 2 aromatic carbocycles. The van der Waals surface area contributed by atoms with E-state index in [0.717, 1.165) is 56.9 Å². The van der Waals surface area contributed by atoms with E-state index in [4.69, 9.17) is 0 Å². The summed E-state index contributed by atoms with van der Waals surface area (Å²) in [6.07, 6.45) is 4.70. The highest BCUT2D eigenvalue weighted by molar-refractivity contribution is 5.85. The number of likely N-dealkylation sites (tertiary alicyclic amines) is 1. The molecule has 0 radical (unpaired) electrons. The molecule has 0 spiro atoms. The number of nitrogens with one attached hydrogen (secondary N) is 1. The van der Waals surface area contributed by atoms with Gasteiger partial charge < -0.3 is 10.2 Å². The minimum atomic E-state index is -0.264. The lowest BCUT2D eigenvalue weighted by Gasteiger charge is -2.46. The van der Waals surface area contributed by atoms with Gasteiger partial charge >= 0.3 is 0 Å². The van der Waals surface area contributed by atoms with E-state index in [0.29, 0.717) is 18.5 Å². The Balaban J connectivity index is 0.00000193. The molecule has 1 N–H and O–H groups in total. The summed E-state index contributed by atoms with van der Waals surface area (Å²) >= 11 is 0. The molecule has 2 fully saturated rings. The van der Waals surface area contributed by atoms with Crippen LogP contribution < -0.4 is 5.32 Å². The second kappa shape index (κ2) is 13.3. The lowest BCUT2D eigenvalue weighted by molar-refractivity contribution is -0.132. The molecule has 2 aliphatic rings. The Hall–Kier alpha value is -1.66. The van der Waals surface area contributed by atoms with Gasteiger partial charge in [0.2, 0.25) is 5.91 Å². The Morgan fingerprint density at radius 3 is 2.24 bits per heavy atom. The van der Waals surface area contributed by atoms with Gasteiger partial charge in [0.25, 0.3) is 0 Å². The maximum Gasteiger partial charge on any atom is 0.226 e. The number of nitrogens with zero attached hydrogens (tertiary/aromatic N) is 2. The highest BCUT2D eigenvalue weighted by Gasteiger charge is 2.34. The fraction of sp³-hybridized carbons (Fsp3) is 0.500. The first-order chi connectivity index (χ1) is 15.1. The van der Waals surface area contributed by atoms with Crippen LogP contribution in [0.15, 0.2) is 54.6 Å². The van der Waals surface area contributed by atoms with E-state index in [1.54, 1.807) is 12.1 Å². The number of hydrogen-bond donors (Lipinski definition) is 1. The first-order valence-electron chi connectivity index (χ1n) is 11.6. The number of carbonyl (C=O) groups excluding carboxylic acids is 1. The summed E-state index contributed by atoms with van der Waals surface area (Å²) in [7, 11) is 1.93. The molecule has 2 saturated heterocycles. The van der Waals surface area contributed by atoms with Crippen molar-refractivity contribution in [3.63, 3.8) is 0 Å². The number of carbonyl (C=O) groups is 1. The summed E-state index contributed by atoms with van der Waals surface area (Å²) in [6.45, 7) is 4.34. The van der Waals surface area contributed by atoms with Gasteiger partial charge in [0.05, 0.1) is 6.42 Å². The van der Waals surface area contributed by atoms with Gasteiger partial charge in [-0.25, -0.2) is 4.39 Å². The summed E-state index contributed by atoms with van der Waals surface area (Å²) < 4.78 is 13.1. The molecule has 1 atom stereocenters. The van der Waals surface area contributed by atoms with E-state index in [9.17, 15) is 9.18 Å². The maximum atomic E-state index is 13.1. The first kappa shape index (κ1) is 27.6. The molecule has 1 amide bonds. The van der Waals surface area contributed by atoms with Gasteiger partial charge in [0, 0.05) is 45.3 Å². The van der Waals surface area contributed by atoms with Crippen LogP contribution in [0.1, 0.15) is 30.4 Å². The van der Waals surface area contributed by atoms with E-state index in [1.165, 1.54) is 24.1 Å². The molecule has 0 aromatic heterocycles. The smallest absolute Gasteiger partial charge is 0.226 e. The third kappa shape index (κ3) is 7.41. The van der Waals surface area contributed by atoms with Crippen molar-refractivity contribution < 1.29 is 9.18 Å². The highest BCUT2D eigenvalue weighted by Crippen LogP contribution is 2.26. The Bertz CT molecular complexity index is 840. The molecule has 0 aliphatic carbocycles. The van der Waals surface area contributed by atoms with Gasteiger partial charge in [-0.05, 0) is 54.9 Å². The number of rotatable bonds is 8. The molecular formula is C26H36Cl2FN3O. The van der Waals surface area contributed by atoms with Gasteiger partial charge in [0.15, 0.2) is 0 Å². The van der Waals surface area contributed by atoms with Crippen LogP contribution in [0.25, 0.3) is 0 Å². The fourth-order valence-electron chi connectivity index (χ4n) is 4.97. The van der Waals surface area contributed by atoms with Crippen LogP contribution in [-0.2, 0) is 17.6 Å². The van der Waals surface area contributed by atoms with Gasteiger partial charge in [0.1, 0.15) is 5.82 Å². The molecule has 2 aromatic rings. The summed E-state index contributed by atoms with van der Waals surface area (Å²) in [5.41, 5.74) is 2.29. The van der Waals surface area contributed by atoms with Crippen LogP contribution in [0.4, 0.5) is 4.39 Å². The second-order valence-electron chi connectivity index (χ2n) is 9.08. The van der Waals surface area contributed by atoms with Gasteiger partial charge in [-0.1, -0.05) is 42.5 Å². The molecular weight excluding hydrogens is 460 g/mol.